The molecule has 6 heteroatoms. The smallest absolute Gasteiger partial charge is 0.258 e. The van der Waals surface area contributed by atoms with Crippen LogP contribution in [0.3, 0.4) is 0 Å². The number of ether oxygens (including phenoxy) is 1. The summed E-state index contributed by atoms with van der Waals surface area (Å²) >= 11 is 0. The number of nitrogens with two attached hydrogens (primary N) is 1. The Balaban J connectivity index is 2.59. The van der Waals surface area contributed by atoms with Gasteiger partial charge in [0, 0.05) is 12.6 Å². The van der Waals surface area contributed by atoms with Gasteiger partial charge in [0.1, 0.15) is 0 Å². The molecule has 1 unspecified atom stereocenters. The van der Waals surface area contributed by atoms with Crippen molar-refractivity contribution >= 4 is 5.91 Å². The van der Waals surface area contributed by atoms with Crippen molar-refractivity contribution in [2.45, 2.75) is 39.3 Å². The predicted octanol–water partition coefficient (Wildman–Crippen LogP) is 2.11. The molecule has 0 aliphatic heterocycles. The van der Waals surface area contributed by atoms with Gasteiger partial charge in [0.25, 0.3) is 5.91 Å². The van der Waals surface area contributed by atoms with Gasteiger partial charge in [-0.1, -0.05) is 13.3 Å². The highest BCUT2D eigenvalue weighted by Gasteiger charge is 2.14. The maximum Gasteiger partial charge on any atom is 0.258 e. The Labute approximate surface area is 117 Å². The van der Waals surface area contributed by atoms with E-state index in [2.05, 4.69) is 5.32 Å². The number of rotatable bonds is 7. The number of carbonyl (C=O) groups excluding carboxylic acids is 1. The fraction of sp³-hybridized carbons (Fsp3) is 0.500. The first-order valence-electron chi connectivity index (χ1n) is 6.58. The van der Waals surface area contributed by atoms with Crippen molar-refractivity contribution in [1.82, 2.24) is 5.32 Å². The van der Waals surface area contributed by atoms with Crippen molar-refractivity contribution in [3.05, 3.63) is 29.3 Å². The number of amides is 1. The standard InChI is InChI=1S/C14H20F2N2O2/c1-3-4-9(2)18-13(19)8-20-14-11(15)5-10(7-17)6-12(14)16/h5-6,9H,3-4,7-8,17H2,1-2H3,(H,18,19). The van der Waals surface area contributed by atoms with Crippen LogP contribution in [0.5, 0.6) is 5.75 Å². The van der Waals surface area contributed by atoms with E-state index in [9.17, 15) is 13.6 Å². The molecule has 1 aromatic rings. The molecule has 0 saturated carbocycles. The van der Waals surface area contributed by atoms with Crippen molar-refractivity contribution < 1.29 is 18.3 Å². The third kappa shape index (κ3) is 4.77. The summed E-state index contributed by atoms with van der Waals surface area (Å²) in [5.41, 5.74) is 5.63. The molecule has 0 spiro atoms. The Bertz CT molecular complexity index is 443. The van der Waals surface area contributed by atoms with E-state index in [1.165, 1.54) is 0 Å². The Morgan fingerprint density at radius 2 is 2.00 bits per heavy atom. The quantitative estimate of drug-likeness (QED) is 0.807. The number of hydrogen-bond donors (Lipinski definition) is 2. The lowest BCUT2D eigenvalue weighted by Gasteiger charge is -2.14. The van der Waals surface area contributed by atoms with Gasteiger partial charge in [0.05, 0.1) is 0 Å². The molecule has 0 radical (unpaired) electrons. The zero-order valence-corrected chi connectivity index (χ0v) is 11.7. The van der Waals surface area contributed by atoms with Crippen LogP contribution in [0.4, 0.5) is 8.78 Å². The van der Waals surface area contributed by atoms with Gasteiger partial charge in [0.2, 0.25) is 0 Å². The first-order valence-corrected chi connectivity index (χ1v) is 6.58. The summed E-state index contributed by atoms with van der Waals surface area (Å²) in [6, 6.07) is 2.19. The molecule has 1 atom stereocenters. The normalized spacial score (nSPS) is 12.1. The molecular formula is C14H20F2N2O2. The summed E-state index contributed by atoms with van der Waals surface area (Å²) in [5, 5.41) is 2.68. The number of benzene rings is 1. The van der Waals surface area contributed by atoms with Gasteiger partial charge < -0.3 is 15.8 Å². The fourth-order valence-electron chi connectivity index (χ4n) is 1.83. The Morgan fingerprint density at radius 3 is 2.50 bits per heavy atom. The lowest BCUT2D eigenvalue weighted by Crippen LogP contribution is -2.36. The molecular weight excluding hydrogens is 266 g/mol. The summed E-state index contributed by atoms with van der Waals surface area (Å²) < 4.78 is 32.1. The summed E-state index contributed by atoms with van der Waals surface area (Å²) in [6.45, 7) is 3.47. The van der Waals surface area contributed by atoms with Crippen LogP contribution in [0, 0.1) is 11.6 Å². The van der Waals surface area contributed by atoms with E-state index < -0.39 is 29.9 Å². The molecule has 0 saturated heterocycles. The van der Waals surface area contributed by atoms with Gasteiger partial charge in [-0.3, -0.25) is 4.79 Å². The van der Waals surface area contributed by atoms with Gasteiger partial charge in [0.15, 0.2) is 24.0 Å². The predicted molar refractivity (Wildman–Crippen MR) is 72.3 cm³/mol. The lowest BCUT2D eigenvalue weighted by atomic mass is 10.2. The number of hydrogen-bond acceptors (Lipinski definition) is 3. The first-order chi connectivity index (χ1) is 9.47. The number of nitrogens with one attached hydrogen (secondary N) is 1. The molecule has 0 bridgehead atoms. The van der Waals surface area contributed by atoms with Crippen LogP contribution >= 0.6 is 0 Å². The van der Waals surface area contributed by atoms with Crippen LogP contribution in [-0.4, -0.2) is 18.6 Å². The molecule has 112 valence electrons. The molecule has 0 heterocycles. The average Bonchev–Trinajstić information content (AvgIpc) is 2.37. The van der Waals surface area contributed by atoms with Crippen molar-refractivity contribution in [3.8, 4) is 5.75 Å². The van der Waals surface area contributed by atoms with Gasteiger partial charge >= 0.3 is 0 Å². The minimum Gasteiger partial charge on any atom is -0.478 e. The topological polar surface area (TPSA) is 64.3 Å². The fourth-order valence-corrected chi connectivity index (χ4v) is 1.83. The van der Waals surface area contributed by atoms with E-state index in [1.807, 2.05) is 13.8 Å². The van der Waals surface area contributed by atoms with Gasteiger partial charge in [-0.15, -0.1) is 0 Å². The summed E-state index contributed by atoms with van der Waals surface area (Å²) in [5.74, 6) is -2.69. The molecule has 1 aromatic carbocycles. The second-order valence-corrected chi connectivity index (χ2v) is 4.64. The van der Waals surface area contributed by atoms with Gasteiger partial charge in [-0.05, 0) is 31.0 Å². The Kier molecular flexibility index (Phi) is 6.38. The van der Waals surface area contributed by atoms with Crippen LogP contribution < -0.4 is 15.8 Å². The second kappa shape index (κ2) is 7.79. The maximum absolute atomic E-state index is 13.6. The molecule has 4 nitrogen and oxygen atoms in total. The highest BCUT2D eigenvalue weighted by atomic mass is 19.1. The van der Waals surface area contributed by atoms with E-state index >= 15 is 0 Å². The second-order valence-electron chi connectivity index (χ2n) is 4.64. The van der Waals surface area contributed by atoms with Crippen molar-refractivity contribution in [2.24, 2.45) is 5.73 Å². The highest BCUT2D eigenvalue weighted by molar-refractivity contribution is 5.77. The van der Waals surface area contributed by atoms with Crippen LogP contribution in [0.25, 0.3) is 0 Å². The van der Waals surface area contributed by atoms with E-state index in [4.69, 9.17) is 10.5 Å². The minimum atomic E-state index is -0.861. The molecule has 0 fully saturated rings. The van der Waals surface area contributed by atoms with Crippen LogP contribution in [0.2, 0.25) is 0 Å². The zero-order valence-electron chi connectivity index (χ0n) is 11.7. The SMILES string of the molecule is CCCC(C)NC(=O)COc1c(F)cc(CN)cc1F. The Hall–Kier alpha value is -1.69. The third-order valence-corrected chi connectivity index (χ3v) is 2.77. The van der Waals surface area contributed by atoms with E-state index in [1.54, 1.807) is 0 Å². The largest absolute Gasteiger partial charge is 0.478 e. The molecule has 0 aliphatic carbocycles. The number of carbonyl (C=O) groups is 1. The van der Waals surface area contributed by atoms with Gasteiger partial charge in [-0.25, -0.2) is 8.78 Å². The van der Waals surface area contributed by atoms with Crippen LogP contribution in [-0.2, 0) is 11.3 Å². The highest BCUT2D eigenvalue weighted by Crippen LogP contribution is 2.23. The molecule has 3 N–H and O–H groups in total. The molecule has 1 rings (SSSR count). The summed E-state index contributed by atoms with van der Waals surface area (Å²) in [4.78, 5) is 11.5. The first kappa shape index (κ1) is 16.4. The summed E-state index contributed by atoms with van der Waals surface area (Å²) in [6.07, 6.45) is 1.77. The molecule has 0 aliphatic rings. The van der Waals surface area contributed by atoms with Gasteiger partial charge in [-0.2, -0.15) is 0 Å². The minimum absolute atomic E-state index is 0.00501. The Morgan fingerprint density at radius 1 is 1.40 bits per heavy atom. The molecule has 1 amide bonds. The van der Waals surface area contributed by atoms with E-state index in [0.717, 1.165) is 25.0 Å². The van der Waals surface area contributed by atoms with Crippen molar-refractivity contribution in [2.75, 3.05) is 6.61 Å². The van der Waals surface area contributed by atoms with Crippen LogP contribution in [0.15, 0.2) is 12.1 Å². The van der Waals surface area contributed by atoms with Crippen LogP contribution in [0.1, 0.15) is 32.3 Å². The zero-order chi connectivity index (χ0) is 15.1. The molecule has 20 heavy (non-hydrogen) atoms. The molecule has 0 aromatic heterocycles. The van der Waals surface area contributed by atoms with Crippen molar-refractivity contribution in [3.63, 3.8) is 0 Å². The summed E-state index contributed by atoms with van der Waals surface area (Å²) in [7, 11) is 0. The average molecular weight is 286 g/mol. The van der Waals surface area contributed by atoms with E-state index in [-0.39, 0.29) is 12.6 Å². The monoisotopic (exact) mass is 286 g/mol. The van der Waals surface area contributed by atoms with Crippen molar-refractivity contribution in [1.29, 1.82) is 0 Å². The lowest BCUT2D eigenvalue weighted by molar-refractivity contribution is -0.123. The van der Waals surface area contributed by atoms with E-state index in [0.29, 0.717) is 5.56 Å². The maximum atomic E-state index is 13.6. The third-order valence-electron chi connectivity index (χ3n) is 2.77. The number of halogens is 2.